The lowest BCUT2D eigenvalue weighted by atomic mass is 10.0. The van der Waals surface area contributed by atoms with Gasteiger partial charge in [0.2, 0.25) is 0 Å². The minimum Gasteiger partial charge on any atom is -0.479 e. The Morgan fingerprint density at radius 2 is 2.30 bits per heavy atom. The lowest BCUT2D eigenvalue weighted by Gasteiger charge is -2.25. The van der Waals surface area contributed by atoms with E-state index in [4.69, 9.17) is 4.74 Å². The van der Waals surface area contributed by atoms with Gasteiger partial charge in [-0.05, 0) is 26.2 Å². The summed E-state index contributed by atoms with van der Waals surface area (Å²) in [5.74, 6) is -1.55. The molecule has 1 atom stereocenters. The third-order valence-electron chi connectivity index (χ3n) is 3.52. The predicted octanol–water partition coefficient (Wildman–Crippen LogP) is 0.439. The van der Waals surface area contributed by atoms with Crippen LogP contribution in [0.25, 0.3) is 0 Å². The number of rotatable bonds is 5. The van der Waals surface area contributed by atoms with Crippen molar-refractivity contribution in [3.8, 4) is 0 Å². The highest BCUT2D eigenvalue weighted by Crippen LogP contribution is 2.19. The van der Waals surface area contributed by atoms with Crippen molar-refractivity contribution in [1.29, 1.82) is 0 Å². The SMILES string of the molecule is COCC(C)(NC(=O)c1cnn2c1CCCC2)C(=O)O. The molecule has 110 valence electrons. The largest absolute Gasteiger partial charge is 0.479 e. The molecule has 1 unspecified atom stereocenters. The van der Waals surface area contributed by atoms with Crippen LogP contribution in [0.2, 0.25) is 0 Å². The molecule has 20 heavy (non-hydrogen) atoms. The van der Waals surface area contributed by atoms with Crippen molar-refractivity contribution < 1.29 is 19.4 Å². The van der Waals surface area contributed by atoms with Crippen LogP contribution >= 0.6 is 0 Å². The Hall–Kier alpha value is -1.89. The van der Waals surface area contributed by atoms with E-state index in [1.165, 1.54) is 20.2 Å². The number of aromatic nitrogens is 2. The van der Waals surface area contributed by atoms with Crippen LogP contribution in [0.5, 0.6) is 0 Å². The first-order valence-electron chi connectivity index (χ1n) is 6.57. The van der Waals surface area contributed by atoms with Crippen LogP contribution < -0.4 is 5.32 Å². The van der Waals surface area contributed by atoms with E-state index < -0.39 is 17.4 Å². The molecule has 1 aliphatic heterocycles. The summed E-state index contributed by atoms with van der Waals surface area (Å²) < 4.78 is 6.70. The van der Waals surface area contributed by atoms with E-state index in [0.29, 0.717) is 5.56 Å². The molecule has 0 bridgehead atoms. The molecule has 0 radical (unpaired) electrons. The average Bonchev–Trinajstić information content (AvgIpc) is 2.82. The Morgan fingerprint density at radius 3 is 2.95 bits per heavy atom. The zero-order valence-corrected chi connectivity index (χ0v) is 11.7. The van der Waals surface area contributed by atoms with E-state index in [0.717, 1.165) is 31.5 Å². The highest BCUT2D eigenvalue weighted by Gasteiger charge is 2.36. The quantitative estimate of drug-likeness (QED) is 0.816. The number of nitrogens with zero attached hydrogens (tertiary/aromatic N) is 2. The number of nitrogens with one attached hydrogen (secondary N) is 1. The number of amides is 1. The summed E-state index contributed by atoms with van der Waals surface area (Å²) in [5.41, 5.74) is -0.123. The van der Waals surface area contributed by atoms with Crippen molar-refractivity contribution in [2.45, 2.75) is 38.3 Å². The number of carbonyl (C=O) groups excluding carboxylic acids is 1. The summed E-state index contributed by atoms with van der Waals surface area (Å²) >= 11 is 0. The summed E-state index contributed by atoms with van der Waals surface area (Å²) in [6.45, 7) is 2.13. The van der Waals surface area contributed by atoms with Crippen LogP contribution in [0.4, 0.5) is 0 Å². The van der Waals surface area contributed by atoms with Gasteiger partial charge < -0.3 is 15.2 Å². The minimum atomic E-state index is -1.45. The Labute approximate surface area is 116 Å². The molecule has 2 N–H and O–H groups in total. The predicted molar refractivity (Wildman–Crippen MR) is 70.5 cm³/mol. The molecular weight excluding hydrogens is 262 g/mol. The summed E-state index contributed by atoms with van der Waals surface area (Å²) in [6.07, 6.45) is 4.36. The van der Waals surface area contributed by atoms with Crippen molar-refractivity contribution in [3.05, 3.63) is 17.5 Å². The molecule has 0 aliphatic carbocycles. The topological polar surface area (TPSA) is 93.5 Å². The second-order valence-corrected chi connectivity index (χ2v) is 5.21. The van der Waals surface area contributed by atoms with Crippen LogP contribution in [-0.2, 0) is 22.5 Å². The molecule has 1 amide bonds. The van der Waals surface area contributed by atoms with E-state index in [9.17, 15) is 14.7 Å². The molecule has 0 saturated heterocycles. The van der Waals surface area contributed by atoms with Gasteiger partial charge in [-0.15, -0.1) is 0 Å². The van der Waals surface area contributed by atoms with Crippen molar-refractivity contribution >= 4 is 11.9 Å². The number of carbonyl (C=O) groups is 2. The highest BCUT2D eigenvalue weighted by molar-refractivity contribution is 5.98. The number of aryl methyl sites for hydroxylation is 1. The first-order chi connectivity index (χ1) is 9.48. The van der Waals surface area contributed by atoms with Crippen LogP contribution in [0, 0.1) is 0 Å². The zero-order valence-electron chi connectivity index (χ0n) is 11.7. The van der Waals surface area contributed by atoms with Gasteiger partial charge in [0.1, 0.15) is 0 Å². The van der Waals surface area contributed by atoms with Crippen LogP contribution in [0.3, 0.4) is 0 Å². The maximum absolute atomic E-state index is 12.3. The smallest absolute Gasteiger partial charge is 0.331 e. The molecule has 7 nitrogen and oxygen atoms in total. The van der Waals surface area contributed by atoms with Gasteiger partial charge in [0.15, 0.2) is 5.54 Å². The van der Waals surface area contributed by atoms with Gasteiger partial charge in [0.25, 0.3) is 5.91 Å². The second-order valence-electron chi connectivity index (χ2n) is 5.21. The third-order valence-corrected chi connectivity index (χ3v) is 3.52. The fourth-order valence-electron chi connectivity index (χ4n) is 2.37. The zero-order chi connectivity index (χ0) is 14.8. The maximum atomic E-state index is 12.3. The van der Waals surface area contributed by atoms with Gasteiger partial charge in [-0.2, -0.15) is 5.10 Å². The van der Waals surface area contributed by atoms with Crippen molar-refractivity contribution in [2.75, 3.05) is 13.7 Å². The minimum absolute atomic E-state index is 0.0997. The lowest BCUT2D eigenvalue weighted by molar-refractivity contribution is -0.145. The van der Waals surface area contributed by atoms with Gasteiger partial charge in [0.05, 0.1) is 24.1 Å². The van der Waals surface area contributed by atoms with Gasteiger partial charge in [-0.25, -0.2) is 4.79 Å². The van der Waals surface area contributed by atoms with Crippen LogP contribution in [0.15, 0.2) is 6.20 Å². The molecule has 1 aliphatic rings. The highest BCUT2D eigenvalue weighted by atomic mass is 16.5. The number of hydrogen-bond donors (Lipinski definition) is 2. The van der Waals surface area contributed by atoms with Gasteiger partial charge in [0, 0.05) is 13.7 Å². The molecular formula is C13H19N3O4. The van der Waals surface area contributed by atoms with E-state index in [-0.39, 0.29) is 6.61 Å². The number of ether oxygens (including phenoxy) is 1. The summed E-state index contributed by atoms with van der Waals surface area (Å²) in [5, 5.41) is 15.9. The molecule has 0 fully saturated rings. The van der Waals surface area contributed by atoms with Crippen molar-refractivity contribution in [3.63, 3.8) is 0 Å². The second kappa shape index (κ2) is 5.62. The van der Waals surface area contributed by atoms with Crippen molar-refractivity contribution in [1.82, 2.24) is 15.1 Å². The van der Waals surface area contributed by atoms with Gasteiger partial charge in [-0.3, -0.25) is 9.48 Å². The van der Waals surface area contributed by atoms with Crippen LogP contribution in [-0.4, -0.2) is 46.0 Å². The van der Waals surface area contributed by atoms with E-state index in [1.54, 1.807) is 0 Å². The maximum Gasteiger partial charge on any atom is 0.331 e. The monoisotopic (exact) mass is 281 g/mol. The first kappa shape index (κ1) is 14.5. The standard InChI is InChI=1S/C13H19N3O4/c1-13(8-20-2,12(18)19)15-11(17)9-7-14-16-6-4-3-5-10(9)16/h7H,3-6,8H2,1-2H3,(H,15,17)(H,18,19). The van der Waals surface area contributed by atoms with Crippen molar-refractivity contribution in [2.24, 2.45) is 0 Å². The summed E-state index contributed by atoms with van der Waals surface area (Å²) in [6, 6.07) is 0. The lowest BCUT2D eigenvalue weighted by Crippen LogP contribution is -2.55. The fourth-order valence-corrected chi connectivity index (χ4v) is 2.37. The number of methoxy groups -OCH3 is 1. The Morgan fingerprint density at radius 1 is 1.55 bits per heavy atom. The molecule has 7 heteroatoms. The van der Waals surface area contributed by atoms with Crippen LogP contribution in [0.1, 0.15) is 35.8 Å². The van der Waals surface area contributed by atoms with E-state index in [2.05, 4.69) is 10.4 Å². The molecule has 2 heterocycles. The Kier molecular flexibility index (Phi) is 4.08. The number of carboxylic acids is 1. The molecule has 0 saturated carbocycles. The van der Waals surface area contributed by atoms with E-state index >= 15 is 0 Å². The number of carboxylic acid groups (broad SMARTS) is 1. The molecule has 1 aromatic heterocycles. The third kappa shape index (κ3) is 2.67. The fraction of sp³-hybridized carbons (Fsp3) is 0.615. The first-order valence-corrected chi connectivity index (χ1v) is 6.57. The number of aliphatic carboxylic acids is 1. The molecule has 1 aromatic rings. The van der Waals surface area contributed by atoms with Gasteiger partial charge in [-0.1, -0.05) is 0 Å². The normalized spacial score (nSPS) is 17.1. The Bertz CT molecular complexity index is 526. The number of hydrogen-bond acceptors (Lipinski definition) is 4. The number of fused-ring (bicyclic) bond motifs is 1. The molecule has 0 aromatic carbocycles. The van der Waals surface area contributed by atoms with Gasteiger partial charge >= 0.3 is 5.97 Å². The summed E-state index contributed by atoms with van der Waals surface area (Å²) in [7, 11) is 1.40. The molecule has 2 rings (SSSR count). The summed E-state index contributed by atoms with van der Waals surface area (Å²) in [4.78, 5) is 23.6. The molecule has 0 spiro atoms. The van der Waals surface area contributed by atoms with E-state index in [1.807, 2.05) is 4.68 Å². The average molecular weight is 281 g/mol. The Balaban J connectivity index is 2.19.